The van der Waals surface area contributed by atoms with E-state index in [-0.39, 0.29) is 0 Å². The molecule has 1 N–H and O–H groups in total. The van der Waals surface area contributed by atoms with Crippen molar-refractivity contribution in [2.24, 2.45) is 0 Å². The third kappa shape index (κ3) is 1.73. The van der Waals surface area contributed by atoms with E-state index in [1.807, 2.05) is 35.8 Å². The van der Waals surface area contributed by atoms with Gasteiger partial charge in [-0.05, 0) is 24.6 Å². The number of H-pyrrole nitrogens is 1. The fourth-order valence-corrected chi connectivity index (χ4v) is 2.41. The molecule has 3 heteroatoms. The van der Waals surface area contributed by atoms with Gasteiger partial charge in [0, 0.05) is 11.9 Å². The van der Waals surface area contributed by atoms with Crippen molar-refractivity contribution in [3.8, 4) is 0 Å². The highest BCUT2D eigenvalue weighted by molar-refractivity contribution is 8.15. The molecule has 0 unspecified atom stereocenters. The molecule has 0 radical (unpaired) electrons. The molecular formula is C7H11NS2. The number of thioether (sulfide) groups is 2. The average molecular weight is 173 g/mol. The van der Waals surface area contributed by atoms with E-state index in [0.717, 1.165) is 0 Å². The molecule has 10 heavy (non-hydrogen) atoms. The molecule has 0 amide bonds. The van der Waals surface area contributed by atoms with Crippen LogP contribution in [0.1, 0.15) is 10.3 Å². The predicted octanol–water partition coefficient (Wildman–Crippen LogP) is 2.74. The van der Waals surface area contributed by atoms with Gasteiger partial charge >= 0.3 is 0 Å². The summed E-state index contributed by atoms with van der Waals surface area (Å²) < 4.78 is 0.565. The normalized spacial score (nSPS) is 10.7. The molecule has 0 spiro atoms. The van der Waals surface area contributed by atoms with Crippen LogP contribution < -0.4 is 0 Å². The molecule has 1 rings (SSSR count). The summed E-state index contributed by atoms with van der Waals surface area (Å²) in [6.45, 7) is 0. The number of rotatable bonds is 3. The third-order valence-electron chi connectivity index (χ3n) is 1.30. The van der Waals surface area contributed by atoms with Crippen LogP contribution in [0.2, 0.25) is 0 Å². The van der Waals surface area contributed by atoms with Gasteiger partial charge in [0.25, 0.3) is 0 Å². The number of hydrogen-bond acceptors (Lipinski definition) is 2. The monoisotopic (exact) mass is 173 g/mol. The highest BCUT2D eigenvalue weighted by Gasteiger charge is 2.06. The molecule has 0 saturated heterocycles. The Labute approximate surface area is 70.0 Å². The van der Waals surface area contributed by atoms with Crippen molar-refractivity contribution in [1.29, 1.82) is 0 Å². The fraction of sp³-hybridized carbons (Fsp3) is 0.429. The second-order valence-electron chi connectivity index (χ2n) is 1.93. The first kappa shape index (κ1) is 8.08. The van der Waals surface area contributed by atoms with Crippen molar-refractivity contribution in [2.45, 2.75) is 4.58 Å². The lowest BCUT2D eigenvalue weighted by Crippen LogP contribution is -1.85. The quantitative estimate of drug-likeness (QED) is 0.707. The summed E-state index contributed by atoms with van der Waals surface area (Å²) in [5.41, 5.74) is 1.31. The van der Waals surface area contributed by atoms with E-state index in [2.05, 4.69) is 23.6 Å². The lowest BCUT2D eigenvalue weighted by molar-refractivity contribution is 1.22. The fourth-order valence-electron chi connectivity index (χ4n) is 0.841. The minimum atomic E-state index is 0.565. The first-order valence-corrected chi connectivity index (χ1v) is 5.65. The van der Waals surface area contributed by atoms with Gasteiger partial charge in [-0.25, -0.2) is 0 Å². The molecule has 56 valence electrons. The van der Waals surface area contributed by atoms with E-state index >= 15 is 0 Å². The number of aromatic nitrogens is 1. The van der Waals surface area contributed by atoms with Crippen molar-refractivity contribution in [3.63, 3.8) is 0 Å². The average Bonchev–Trinajstić information content (AvgIpc) is 2.43. The van der Waals surface area contributed by atoms with Gasteiger partial charge in [-0.1, -0.05) is 0 Å². The Morgan fingerprint density at radius 3 is 2.50 bits per heavy atom. The highest BCUT2D eigenvalue weighted by atomic mass is 32.2. The molecule has 1 aromatic rings. The molecule has 0 aliphatic rings. The Kier molecular flexibility index (Phi) is 3.22. The zero-order valence-corrected chi connectivity index (χ0v) is 7.76. The van der Waals surface area contributed by atoms with Gasteiger partial charge in [-0.2, -0.15) is 0 Å². The Hall–Kier alpha value is -0.0200. The standard InChI is InChI=1S/C7H11NS2/c1-9-7(10-2)6-4-3-5-8-6/h3-5,7-8H,1-2H3. The molecule has 0 saturated carbocycles. The Bertz CT molecular complexity index is 168. The third-order valence-corrected chi connectivity index (χ3v) is 3.82. The van der Waals surface area contributed by atoms with Crippen LogP contribution >= 0.6 is 23.5 Å². The molecule has 0 atom stereocenters. The Morgan fingerprint density at radius 1 is 1.40 bits per heavy atom. The van der Waals surface area contributed by atoms with E-state index in [1.54, 1.807) is 0 Å². The minimum absolute atomic E-state index is 0.565. The van der Waals surface area contributed by atoms with E-state index in [4.69, 9.17) is 0 Å². The van der Waals surface area contributed by atoms with Crippen LogP contribution in [0.3, 0.4) is 0 Å². The van der Waals surface area contributed by atoms with Crippen molar-refractivity contribution in [1.82, 2.24) is 4.98 Å². The summed E-state index contributed by atoms with van der Waals surface area (Å²) in [6.07, 6.45) is 6.22. The number of aromatic amines is 1. The zero-order chi connectivity index (χ0) is 7.40. The van der Waals surface area contributed by atoms with E-state index < -0.39 is 0 Å². The van der Waals surface area contributed by atoms with Gasteiger partial charge < -0.3 is 4.98 Å². The maximum atomic E-state index is 3.20. The predicted molar refractivity (Wildman–Crippen MR) is 50.6 cm³/mol. The largest absolute Gasteiger partial charge is 0.363 e. The second kappa shape index (κ2) is 3.98. The summed E-state index contributed by atoms with van der Waals surface area (Å²) in [5.74, 6) is 0. The van der Waals surface area contributed by atoms with Crippen molar-refractivity contribution in [3.05, 3.63) is 24.0 Å². The minimum Gasteiger partial charge on any atom is -0.363 e. The maximum Gasteiger partial charge on any atom is 0.0894 e. The molecule has 0 aromatic carbocycles. The van der Waals surface area contributed by atoms with Crippen LogP contribution in [0.5, 0.6) is 0 Å². The first-order chi connectivity index (χ1) is 4.88. The smallest absolute Gasteiger partial charge is 0.0894 e. The topological polar surface area (TPSA) is 15.8 Å². The zero-order valence-electron chi connectivity index (χ0n) is 6.13. The van der Waals surface area contributed by atoms with Crippen LogP contribution in [-0.4, -0.2) is 17.5 Å². The van der Waals surface area contributed by atoms with E-state index in [1.165, 1.54) is 5.69 Å². The van der Waals surface area contributed by atoms with Crippen LogP contribution in [0.25, 0.3) is 0 Å². The summed E-state index contributed by atoms with van der Waals surface area (Å²) in [4.78, 5) is 3.20. The van der Waals surface area contributed by atoms with Crippen molar-refractivity contribution in [2.75, 3.05) is 12.5 Å². The van der Waals surface area contributed by atoms with Crippen LogP contribution in [0.4, 0.5) is 0 Å². The second-order valence-corrected chi connectivity index (χ2v) is 4.11. The number of nitrogens with one attached hydrogen (secondary N) is 1. The van der Waals surface area contributed by atoms with Gasteiger partial charge in [-0.15, -0.1) is 23.5 Å². The Balaban J connectivity index is 2.64. The molecule has 1 nitrogen and oxygen atoms in total. The summed E-state index contributed by atoms with van der Waals surface area (Å²) in [6, 6.07) is 4.16. The molecule has 0 fully saturated rings. The molecule has 0 aliphatic heterocycles. The van der Waals surface area contributed by atoms with Gasteiger partial charge in [0.1, 0.15) is 0 Å². The van der Waals surface area contributed by atoms with Crippen LogP contribution in [0.15, 0.2) is 18.3 Å². The number of hydrogen-bond donors (Lipinski definition) is 1. The Morgan fingerprint density at radius 2 is 2.10 bits per heavy atom. The van der Waals surface area contributed by atoms with Crippen LogP contribution in [0, 0.1) is 0 Å². The van der Waals surface area contributed by atoms with Crippen molar-refractivity contribution >= 4 is 23.5 Å². The first-order valence-electron chi connectivity index (χ1n) is 3.07. The lowest BCUT2D eigenvalue weighted by Gasteiger charge is -2.07. The lowest BCUT2D eigenvalue weighted by atomic mass is 10.5. The summed E-state index contributed by atoms with van der Waals surface area (Å²) >= 11 is 3.72. The van der Waals surface area contributed by atoms with E-state index in [9.17, 15) is 0 Å². The van der Waals surface area contributed by atoms with Gasteiger partial charge in [-0.3, -0.25) is 0 Å². The van der Waals surface area contributed by atoms with E-state index in [0.29, 0.717) is 4.58 Å². The molecule has 0 aliphatic carbocycles. The molecule has 1 aromatic heterocycles. The summed E-state index contributed by atoms with van der Waals surface area (Å²) in [5, 5.41) is 0. The van der Waals surface area contributed by atoms with Gasteiger partial charge in [0.15, 0.2) is 0 Å². The molecule has 1 heterocycles. The molecule has 0 bridgehead atoms. The van der Waals surface area contributed by atoms with Crippen molar-refractivity contribution < 1.29 is 0 Å². The van der Waals surface area contributed by atoms with Gasteiger partial charge in [0.2, 0.25) is 0 Å². The highest BCUT2D eigenvalue weighted by Crippen LogP contribution is 2.34. The van der Waals surface area contributed by atoms with Gasteiger partial charge in [0.05, 0.1) is 4.58 Å². The molecular weight excluding hydrogens is 162 g/mol. The van der Waals surface area contributed by atoms with Crippen LogP contribution in [-0.2, 0) is 0 Å². The SMILES string of the molecule is CSC(SC)c1ccc[nH]1. The maximum absolute atomic E-state index is 3.20. The summed E-state index contributed by atoms with van der Waals surface area (Å²) in [7, 11) is 0.